The molecule has 1 saturated heterocycles. The molecule has 1 atom stereocenters. The number of nitrogens with two attached hydrogens (primary N) is 1. The quantitative estimate of drug-likeness (QED) is 0.877. The predicted molar refractivity (Wildman–Crippen MR) is 91.2 cm³/mol. The first-order valence-electron chi connectivity index (χ1n) is 8.62. The summed E-state index contributed by atoms with van der Waals surface area (Å²) in [5, 5.41) is 3.05. The topological polar surface area (TPSA) is 64.4 Å². The van der Waals surface area contributed by atoms with Gasteiger partial charge in [-0.2, -0.15) is 0 Å². The Morgan fingerprint density at radius 1 is 1.22 bits per heavy atom. The van der Waals surface area contributed by atoms with E-state index in [1.54, 1.807) is 0 Å². The number of amides is 1. The highest BCUT2D eigenvalue weighted by Crippen LogP contribution is 2.43. The second-order valence-corrected chi connectivity index (χ2v) is 7.84. The van der Waals surface area contributed by atoms with Crippen molar-refractivity contribution < 1.29 is 9.53 Å². The van der Waals surface area contributed by atoms with Crippen molar-refractivity contribution in [3.05, 3.63) is 35.9 Å². The van der Waals surface area contributed by atoms with Gasteiger partial charge in [-0.15, -0.1) is 0 Å². The molecule has 0 unspecified atom stereocenters. The van der Waals surface area contributed by atoms with Crippen LogP contribution in [-0.4, -0.2) is 30.2 Å². The van der Waals surface area contributed by atoms with Crippen LogP contribution in [0.1, 0.15) is 51.5 Å². The predicted octanol–water partition coefficient (Wildman–Crippen LogP) is 2.51. The van der Waals surface area contributed by atoms with E-state index in [0.717, 1.165) is 38.7 Å². The van der Waals surface area contributed by atoms with Crippen molar-refractivity contribution in [3.8, 4) is 0 Å². The summed E-state index contributed by atoms with van der Waals surface area (Å²) < 4.78 is 5.93. The molecule has 3 rings (SSSR count). The molecule has 0 aromatic heterocycles. The molecule has 0 radical (unpaired) electrons. The fourth-order valence-electron chi connectivity index (χ4n) is 3.83. The van der Waals surface area contributed by atoms with E-state index in [9.17, 15) is 4.79 Å². The number of ether oxygens (including phenoxy) is 1. The molecule has 3 N–H and O–H groups in total. The Bertz CT molecular complexity index is 566. The number of hydrogen-bond acceptors (Lipinski definition) is 3. The highest BCUT2D eigenvalue weighted by atomic mass is 16.5. The molecule has 2 aliphatic rings. The van der Waals surface area contributed by atoms with Crippen molar-refractivity contribution in [3.63, 3.8) is 0 Å². The number of carbonyl (C=O) groups is 1. The van der Waals surface area contributed by atoms with Gasteiger partial charge in [0.2, 0.25) is 5.91 Å². The van der Waals surface area contributed by atoms with E-state index in [-0.39, 0.29) is 16.9 Å². The van der Waals surface area contributed by atoms with Gasteiger partial charge in [-0.1, -0.05) is 30.3 Å². The van der Waals surface area contributed by atoms with Crippen LogP contribution in [0.5, 0.6) is 0 Å². The van der Waals surface area contributed by atoms with E-state index in [1.807, 2.05) is 0 Å². The molecule has 23 heavy (non-hydrogen) atoms. The van der Waals surface area contributed by atoms with Gasteiger partial charge in [0.25, 0.3) is 0 Å². The molecule has 126 valence electrons. The van der Waals surface area contributed by atoms with Gasteiger partial charge in [0, 0.05) is 18.6 Å². The summed E-state index contributed by atoms with van der Waals surface area (Å²) in [6, 6.07) is 10.6. The minimum Gasteiger partial charge on any atom is -0.376 e. The molecule has 4 heteroatoms. The van der Waals surface area contributed by atoms with Crippen LogP contribution in [0, 0.1) is 0 Å². The Morgan fingerprint density at radius 2 is 1.91 bits per heavy atom. The molecule has 0 bridgehead atoms. The highest BCUT2D eigenvalue weighted by molar-refractivity contribution is 5.88. The Labute approximate surface area is 138 Å². The summed E-state index contributed by atoms with van der Waals surface area (Å²) in [6.45, 7) is 5.74. The standard InChI is InChI=1S/C19H28N2O2/c1-17(2)14-18(11-13-23-17,15-6-4-3-5-7-15)10-12-21-16(22)19(20)8-9-19/h3-7H,8-14,20H2,1-2H3,(H,21,22)/t18-/m0/s1. The minimum atomic E-state index is -0.588. The van der Waals surface area contributed by atoms with Crippen molar-refractivity contribution in [2.45, 2.75) is 62.5 Å². The lowest BCUT2D eigenvalue weighted by Crippen LogP contribution is -2.47. The summed E-state index contributed by atoms with van der Waals surface area (Å²) >= 11 is 0. The summed E-state index contributed by atoms with van der Waals surface area (Å²) in [5.74, 6) is 0.00651. The maximum absolute atomic E-state index is 12.1. The fraction of sp³-hybridized carbons (Fsp3) is 0.632. The first kappa shape index (κ1) is 16.5. The average Bonchev–Trinajstić information content (AvgIpc) is 3.26. The lowest BCUT2D eigenvalue weighted by atomic mass is 9.67. The molecule has 1 aromatic rings. The summed E-state index contributed by atoms with van der Waals surface area (Å²) in [4.78, 5) is 12.1. The van der Waals surface area contributed by atoms with Crippen molar-refractivity contribution >= 4 is 5.91 Å². The minimum absolute atomic E-state index is 0.00651. The van der Waals surface area contributed by atoms with Gasteiger partial charge in [-0.25, -0.2) is 0 Å². The molecule has 0 spiro atoms. The Morgan fingerprint density at radius 3 is 2.52 bits per heavy atom. The summed E-state index contributed by atoms with van der Waals surface area (Å²) in [7, 11) is 0. The molecule has 1 amide bonds. The van der Waals surface area contributed by atoms with Crippen LogP contribution in [-0.2, 0) is 14.9 Å². The zero-order valence-electron chi connectivity index (χ0n) is 14.2. The number of hydrogen-bond donors (Lipinski definition) is 2. The lowest BCUT2D eigenvalue weighted by molar-refractivity contribution is -0.123. The second-order valence-electron chi connectivity index (χ2n) is 7.84. The second kappa shape index (κ2) is 5.91. The number of nitrogens with one attached hydrogen (secondary N) is 1. The van der Waals surface area contributed by atoms with Gasteiger partial charge >= 0.3 is 0 Å². The molecular weight excluding hydrogens is 288 g/mol. The van der Waals surface area contributed by atoms with E-state index >= 15 is 0 Å². The molecule has 1 aliphatic heterocycles. The number of benzene rings is 1. The van der Waals surface area contributed by atoms with E-state index in [2.05, 4.69) is 49.5 Å². The summed E-state index contributed by atoms with van der Waals surface area (Å²) in [6.07, 6.45) is 4.50. The van der Waals surface area contributed by atoms with Gasteiger partial charge in [-0.3, -0.25) is 4.79 Å². The third-order valence-corrected chi connectivity index (χ3v) is 5.35. The van der Waals surface area contributed by atoms with Crippen LogP contribution >= 0.6 is 0 Å². The van der Waals surface area contributed by atoms with E-state index in [4.69, 9.17) is 10.5 Å². The van der Waals surface area contributed by atoms with Gasteiger partial charge in [0.1, 0.15) is 0 Å². The maximum atomic E-state index is 12.1. The monoisotopic (exact) mass is 316 g/mol. The van der Waals surface area contributed by atoms with E-state index in [1.165, 1.54) is 5.56 Å². The van der Waals surface area contributed by atoms with Crippen LogP contribution in [0.25, 0.3) is 0 Å². The molecule has 1 saturated carbocycles. The van der Waals surface area contributed by atoms with E-state index in [0.29, 0.717) is 6.54 Å². The number of carbonyl (C=O) groups excluding carboxylic acids is 1. The highest BCUT2D eigenvalue weighted by Gasteiger charge is 2.46. The van der Waals surface area contributed by atoms with Gasteiger partial charge < -0.3 is 15.8 Å². The van der Waals surface area contributed by atoms with Crippen molar-refractivity contribution in [1.29, 1.82) is 0 Å². The largest absolute Gasteiger partial charge is 0.376 e. The molecule has 1 aromatic carbocycles. The molecule has 1 heterocycles. The Balaban J connectivity index is 1.72. The summed E-state index contributed by atoms with van der Waals surface area (Å²) in [5.41, 5.74) is 6.64. The SMILES string of the molecule is CC1(C)C[C@@](CCNC(=O)C2(N)CC2)(c2ccccc2)CCO1. The zero-order chi connectivity index (χ0) is 16.6. The normalized spacial score (nSPS) is 28.1. The fourth-order valence-corrected chi connectivity index (χ4v) is 3.83. The van der Waals surface area contributed by atoms with Crippen LogP contribution in [0.2, 0.25) is 0 Å². The number of rotatable bonds is 5. The molecule has 1 aliphatic carbocycles. The van der Waals surface area contributed by atoms with Crippen LogP contribution < -0.4 is 11.1 Å². The first-order valence-corrected chi connectivity index (χ1v) is 8.62. The maximum Gasteiger partial charge on any atom is 0.240 e. The van der Waals surface area contributed by atoms with Crippen molar-refractivity contribution in [2.75, 3.05) is 13.2 Å². The van der Waals surface area contributed by atoms with Crippen molar-refractivity contribution in [2.24, 2.45) is 5.73 Å². The molecule has 2 fully saturated rings. The third-order valence-electron chi connectivity index (χ3n) is 5.35. The Hall–Kier alpha value is -1.39. The molecular formula is C19H28N2O2. The van der Waals surface area contributed by atoms with Gasteiger partial charge in [0.15, 0.2) is 0 Å². The Kier molecular flexibility index (Phi) is 4.23. The average molecular weight is 316 g/mol. The van der Waals surface area contributed by atoms with Gasteiger partial charge in [-0.05, 0) is 51.5 Å². The third kappa shape index (κ3) is 3.59. The zero-order valence-corrected chi connectivity index (χ0v) is 14.2. The smallest absolute Gasteiger partial charge is 0.240 e. The van der Waals surface area contributed by atoms with E-state index < -0.39 is 5.54 Å². The van der Waals surface area contributed by atoms with Crippen LogP contribution in [0.15, 0.2) is 30.3 Å². The lowest BCUT2D eigenvalue weighted by Gasteiger charge is -2.45. The van der Waals surface area contributed by atoms with Crippen molar-refractivity contribution in [1.82, 2.24) is 5.32 Å². The van der Waals surface area contributed by atoms with Crippen LogP contribution in [0.3, 0.4) is 0 Å². The van der Waals surface area contributed by atoms with Crippen LogP contribution in [0.4, 0.5) is 0 Å². The molecule has 4 nitrogen and oxygen atoms in total. The first-order chi connectivity index (χ1) is 10.9. The van der Waals surface area contributed by atoms with Gasteiger partial charge in [0.05, 0.1) is 11.1 Å².